The fourth-order valence-corrected chi connectivity index (χ4v) is 2.78. The van der Waals surface area contributed by atoms with Crippen molar-refractivity contribution in [3.05, 3.63) is 53.6 Å². The summed E-state index contributed by atoms with van der Waals surface area (Å²) in [5, 5.41) is 0. The van der Waals surface area contributed by atoms with Crippen molar-refractivity contribution in [3.63, 3.8) is 0 Å². The van der Waals surface area contributed by atoms with Crippen LogP contribution >= 0.6 is 0 Å². The molecule has 3 rings (SSSR count). The first-order valence-corrected chi connectivity index (χ1v) is 7.04. The van der Waals surface area contributed by atoms with E-state index in [1.165, 1.54) is 11.3 Å². The lowest BCUT2D eigenvalue weighted by atomic mass is 10.1. The molecule has 2 aromatic carbocycles. The fraction of sp³-hybridized carbons (Fsp3) is 0.235. The van der Waals surface area contributed by atoms with Crippen molar-refractivity contribution in [2.24, 2.45) is 0 Å². The zero-order valence-electron chi connectivity index (χ0n) is 12.3. The predicted octanol–water partition coefficient (Wildman–Crippen LogP) is 2.66. The van der Waals surface area contributed by atoms with Gasteiger partial charge in [0.05, 0.1) is 11.4 Å². The molecule has 0 radical (unpaired) electrons. The highest BCUT2D eigenvalue weighted by Gasteiger charge is 2.22. The van der Waals surface area contributed by atoms with Gasteiger partial charge in [-0.25, -0.2) is 0 Å². The Kier molecular flexibility index (Phi) is 3.29. The minimum atomic E-state index is -0.0323. The van der Waals surface area contributed by atoms with E-state index in [1.807, 2.05) is 18.2 Å². The number of benzene rings is 2. The van der Waals surface area contributed by atoms with Crippen LogP contribution in [0, 0.1) is 0 Å². The minimum Gasteiger partial charge on any atom is -0.397 e. The van der Waals surface area contributed by atoms with Gasteiger partial charge in [-0.05, 0) is 36.2 Å². The molecule has 2 aromatic rings. The average molecular weight is 281 g/mol. The van der Waals surface area contributed by atoms with E-state index in [9.17, 15) is 4.79 Å². The van der Waals surface area contributed by atoms with Crippen molar-refractivity contribution in [1.82, 2.24) is 4.90 Å². The Labute approximate surface area is 124 Å². The first kappa shape index (κ1) is 13.5. The summed E-state index contributed by atoms with van der Waals surface area (Å²) >= 11 is 0. The highest BCUT2D eigenvalue weighted by Crippen LogP contribution is 2.37. The minimum absolute atomic E-state index is 0.0323. The molecule has 4 nitrogen and oxygen atoms in total. The first-order valence-electron chi connectivity index (χ1n) is 7.04. The number of nitrogens with zero attached hydrogens (tertiary/aromatic N) is 2. The molecule has 108 valence electrons. The molecule has 0 saturated carbocycles. The van der Waals surface area contributed by atoms with Crippen molar-refractivity contribution in [3.8, 4) is 0 Å². The highest BCUT2D eigenvalue weighted by atomic mass is 16.2. The molecule has 0 saturated heterocycles. The number of rotatable bonds is 2. The van der Waals surface area contributed by atoms with Crippen LogP contribution in [0.15, 0.2) is 42.5 Å². The number of hydrogen-bond donors (Lipinski definition) is 1. The standard InChI is InChI=1S/C17H19N3O/c1-19(2)17(21)13-7-8-16(14(18)11-13)20-10-9-12-5-3-4-6-15(12)20/h3-8,11H,9-10,18H2,1-2H3. The lowest BCUT2D eigenvalue weighted by molar-refractivity contribution is 0.0827. The van der Waals surface area contributed by atoms with Crippen LogP contribution in [0.3, 0.4) is 0 Å². The average Bonchev–Trinajstić information content (AvgIpc) is 2.90. The Bertz CT molecular complexity index is 694. The third kappa shape index (κ3) is 2.33. The van der Waals surface area contributed by atoms with E-state index in [0.29, 0.717) is 11.3 Å². The van der Waals surface area contributed by atoms with Crippen LogP contribution < -0.4 is 10.6 Å². The van der Waals surface area contributed by atoms with E-state index in [0.717, 1.165) is 18.7 Å². The van der Waals surface area contributed by atoms with Crippen LogP contribution in [-0.4, -0.2) is 31.4 Å². The van der Waals surface area contributed by atoms with E-state index in [2.05, 4.69) is 23.1 Å². The molecule has 0 bridgehead atoms. The van der Waals surface area contributed by atoms with Crippen LogP contribution in [0.1, 0.15) is 15.9 Å². The van der Waals surface area contributed by atoms with Crippen molar-refractivity contribution >= 4 is 23.0 Å². The Balaban J connectivity index is 1.96. The number of nitrogen functional groups attached to an aromatic ring is 1. The zero-order chi connectivity index (χ0) is 15.0. The molecule has 4 heteroatoms. The largest absolute Gasteiger partial charge is 0.397 e. The van der Waals surface area contributed by atoms with Crippen molar-refractivity contribution in [2.75, 3.05) is 31.3 Å². The lowest BCUT2D eigenvalue weighted by Gasteiger charge is -2.22. The maximum atomic E-state index is 12.0. The molecule has 1 amide bonds. The molecule has 21 heavy (non-hydrogen) atoms. The molecule has 1 aliphatic heterocycles. The van der Waals surface area contributed by atoms with Gasteiger partial charge in [-0.2, -0.15) is 0 Å². The Hall–Kier alpha value is -2.49. The number of carbonyl (C=O) groups excluding carboxylic acids is 1. The number of para-hydroxylation sites is 1. The molecule has 0 fully saturated rings. The van der Waals surface area contributed by atoms with Gasteiger partial charge in [0.1, 0.15) is 0 Å². The molecular formula is C17H19N3O. The normalized spacial score (nSPS) is 13.1. The predicted molar refractivity (Wildman–Crippen MR) is 86.0 cm³/mol. The molecule has 0 aromatic heterocycles. The van der Waals surface area contributed by atoms with Gasteiger partial charge in [-0.3, -0.25) is 4.79 Å². The van der Waals surface area contributed by atoms with Gasteiger partial charge in [0.2, 0.25) is 0 Å². The summed E-state index contributed by atoms with van der Waals surface area (Å²) in [6, 6.07) is 13.9. The van der Waals surface area contributed by atoms with E-state index in [4.69, 9.17) is 5.73 Å². The van der Waals surface area contributed by atoms with Crippen molar-refractivity contribution in [1.29, 1.82) is 0 Å². The molecule has 0 unspecified atom stereocenters. The molecular weight excluding hydrogens is 262 g/mol. The number of hydrogen-bond acceptors (Lipinski definition) is 3. The number of amides is 1. The summed E-state index contributed by atoms with van der Waals surface area (Å²) in [5.74, 6) is -0.0323. The third-order valence-corrected chi connectivity index (χ3v) is 3.86. The van der Waals surface area contributed by atoms with E-state index >= 15 is 0 Å². The smallest absolute Gasteiger partial charge is 0.253 e. The van der Waals surface area contributed by atoms with Crippen LogP contribution in [0.5, 0.6) is 0 Å². The second kappa shape index (κ2) is 5.13. The monoisotopic (exact) mass is 281 g/mol. The summed E-state index contributed by atoms with van der Waals surface area (Å²) in [7, 11) is 3.48. The second-order valence-corrected chi connectivity index (χ2v) is 5.50. The summed E-state index contributed by atoms with van der Waals surface area (Å²) in [6.07, 6.45) is 1.02. The SMILES string of the molecule is CN(C)C(=O)c1ccc(N2CCc3ccccc32)c(N)c1. The Morgan fingerprint density at radius 1 is 1.14 bits per heavy atom. The van der Waals surface area contributed by atoms with Crippen LogP contribution in [0.4, 0.5) is 17.1 Å². The van der Waals surface area contributed by atoms with Gasteiger partial charge < -0.3 is 15.5 Å². The third-order valence-electron chi connectivity index (χ3n) is 3.86. The molecule has 2 N–H and O–H groups in total. The lowest BCUT2D eigenvalue weighted by Crippen LogP contribution is -2.22. The van der Waals surface area contributed by atoms with E-state index in [1.54, 1.807) is 25.1 Å². The van der Waals surface area contributed by atoms with Gasteiger partial charge in [0.15, 0.2) is 0 Å². The molecule has 1 heterocycles. The quantitative estimate of drug-likeness (QED) is 0.861. The molecule has 1 aliphatic rings. The fourth-order valence-electron chi connectivity index (χ4n) is 2.78. The van der Waals surface area contributed by atoms with Crippen molar-refractivity contribution < 1.29 is 4.79 Å². The van der Waals surface area contributed by atoms with E-state index in [-0.39, 0.29) is 5.91 Å². The van der Waals surface area contributed by atoms with Gasteiger partial charge in [-0.15, -0.1) is 0 Å². The maximum Gasteiger partial charge on any atom is 0.253 e. The molecule has 0 aliphatic carbocycles. The number of nitrogens with two attached hydrogens (primary N) is 1. The summed E-state index contributed by atoms with van der Waals surface area (Å²) < 4.78 is 0. The van der Waals surface area contributed by atoms with Gasteiger partial charge in [0, 0.05) is 31.9 Å². The first-order chi connectivity index (χ1) is 10.1. The number of fused-ring (bicyclic) bond motifs is 1. The van der Waals surface area contributed by atoms with Gasteiger partial charge >= 0.3 is 0 Å². The maximum absolute atomic E-state index is 12.0. The second-order valence-electron chi connectivity index (χ2n) is 5.50. The van der Waals surface area contributed by atoms with E-state index < -0.39 is 0 Å². The van der Waals surface area contributed by atoms with Crippen LogP contribution in [0.25, 0.3) is 0 Å². The topological polar surface area (TPSA) is 49.6 Å². The number of anilines is 3. The van der Waals surface area contributed by atoms with Crippen molar-refractivity contribution in [2.45, 2.75) is 6.42 Å². The zero-order valence-corrected chi connectivity index (χ0v) is 12.3. The van der Waals surface area contributed by atoms with Gasteiger partial charge in [-0.1, -0.05) is 18.2 Å². The molecule has 0 atom stereocenters. The summed E-state index contributed by atoms with van der Waals surface area (Å²) in [6.45, 7) is 0.921. The molecule has 0 spiro atoms. The summed E-state index contributed by atoms with van der Waals surface area (Å²) in [5.41, 5.74) is 11.0. The summed E-state index contributed by atoms with van der Waals surface area (Å²) in [4.78, 5) is 15.8. The van der Waals surface area contributed by atoms with Crippen LogP contribution in [0.2, 0.25) is 0 Å². The Morgan fingerprint density at radius 3 is 2.62 bits per heavy atom. The Morgan fingerprint density at radius 2 is 1.90 bits per heavy atom. The van der Waals surface area contributed by atoms with Crippen LogP contribution in [-0.2, 0) is 6.42 Å². The highest BCUT2D eigenvalue weighted by molar-refractivity contribution is 5.96. The van der Waals surface area contributed by atoms with Gasteiger partial charge in [0.25, 0.3) is 5.91 Å². The number of carbonyl (C=O) groups is 1.